The SMILES string of the molecule is COC(=O)/C=C/C1=CN(Cc2ccncc2)[C@@H](C)O[C@H]1C. The molecule has 21 heavy (non-hydrogen) atoms. The minimum atomic E-state index is -0.373. The second kappa shape index (κ2) is 7.04. The van der Waals surface area contributed by atoms with E-state index >= 15 is 0 Å². The van der Waals surface area contributed by atoms with Crippen LogP contribution in [0.25, 0.3) is 0 Å². The fraction of sp³-hybridized carbons (Fsp3) is 0.375. The molecule has 1 aliphatic heterocycles. The van der Waals surface area contributed by atoms with Gasteiger partial charge in [-0.05, 0) is 43.2 Å². The summed E-state index contributed by atoms with van der Waals surface area (Å²) in [6, 6.07) is 3.95. The first-order valence-electron chi connectivity index (χ1n) is 6.88. The van der Waals surface area contributed by atoms with E-state index in [1.54, 1.807) is 18.5 Å². The van der Waals surface area contributed by atoms with Crippen molar-refractivity contribution in [3.8, 4) is 0 Å². The normalized spacial score (nSPS) is 22.2. The second-order valence-corrected chi connectivity index (χ2v) is 4.89. The van der Waals surface area contributed by atoms with Crippen molar-refractivity contribution in [2.75, 3.05) is 7.11 Å². The first-order chi connectivity index (χ1) is 10.1. The molecular formula is C16H20N2O3. The summed E-state index contributed by atoms with van der Waals surface area (Å²) in [4.78, 5) is 17.3. The second-order valence-electron chi connectivity index (χ2n) is 4.89. The minimum absolute atomic E-state index is 0.0246. The number of carbonyl (C=O) groups is 1. The Bertz CT molecular complexity index is 540. The summed E-state index contributed by atoms with van der Waals surface area (Å²) in [5, 5.41) is 0. The molecule has 0 aliphatic carbocycles. The van der Waals surface area contributed by atoms with Crippen LogP contribution in [0.15, 0.2) is 48.5 Å². The van der Waals surface area contributed by atoms with Gasteiger partial charge in [-0.15, -0.1) is 0 Å². The molecule has 1 aromatic heterocycles. The number of pyridine rings is 1. The van der Waals surface area contributed by atoms with Crippen LogP contribution in [-0.2, 0) is 20.8 Å². The topological polar surface area (TPSA) is 51.7 Å². The van der Waals surface area contributed by atoms with E-state index in [0.29, 0.717) is 0 Å². The number of methoxy groups -OCH3 is 1. The van der Waals surface area contributed by atoms with Crippen LogP contribution in [0.5, 0.6) is 0 Å². The van der Waals surface area contributed by atoms with Crippen molar-refractivity contribution in [2.45, 2.75) is 32.7 Å². The van der Waals surface area contributed by atoms with Crippen molar-refractivity contribution in [2.24, 2.45) is 0 Å². The van der Waals surface area contributed by atoms with Gasteiger partial charge in [-0.3, -0.25) is 4.98 Å². The van der Waals surface area contributed by atoms with Gasteiger partial charge < -0.3 is 14.4 Å². The number of rotatable bonds is 4. The molecule has 0 radical (unpaired) electrons. The highest BCUT2D eigenvalue weighted by molar-refractivity contribution is 5.82. The molecule has 1 aliphatic rings. The summed E-state index contributed by atoms with van der Waals surface area (Å²) in [6.45, 7) is 4.70. The molecule has 0 spiro atoms. The van der Waals surface area contributed by atoms with Gasteiger partial charge in [0.1, 0.15) is 6.23 Å². The highest BCUT2D eigenvalue weighted by Gasteiger charge is 2.22. The number of carbonyl (C=O) groups excluding carboxylic acids is 1. The van der Waals surface area contributed by atoms with Gasteiger partial charge in [-0.25, -0.2) is 4.79 Å². The Kier molecular flexibility index (Phi) is 5.11. The van der Waals surface area contributed by atoms with Crippen LogP contribution in [0, 0.1) is 0 Å². The van der Waals surface area contributed by atoms with Gasteiger partial charge in [0.25, 0.3) is 0 Å². The predicted octanol–water partition coefficient (Wildman–Crippen LogP) is 2.26. The first kappa shape index (κ1) is 15.3. The van der Waals surface area contributed by atoms with Crippen molar-refractivity contribution >= 4 is 5.97 Å². The van der Waals surface area contributed by atoms with Crippen LogP contribution >= 0.6 is 0 Å². The smallest absolute Gasteiger partial charge is 0.330 e. The molecule has 0 unspecified atom stereocenters. The number of hydrogen-bond donors (Lipinski definition) is 0. The molecule has 0 saturated carbocycles. The Morgan fingerprint density at radius 2 is 2.14 bits per heavy atom. The fourth-order valence-electron chi connectivity index (χ4n) is 2.14. The first-order valence-corrected chi connectivity index (χ1v) is 6.88. The number of esters is 1. The van der Waals surface area contributed by atoms with Crippen molar-refractivity contribution in [3.63, 3.8) is 0 Å². The summed E-state index contributed by atoms with van der Waals surface area (Å²) >= 11 is 0. The van der Waals surface area contributed by atoms with E-state index in [-0.39, 0.29) is 18.3 Å². The van der Waals surface area contributed by atoms with Crippen molar-refractivity contribution < 1.29 is 14.3 Å². The maximum atomic E-state index is 11.2. The van der Waals surface area contributed by atoms with Gasteiger partial charge in [0.15, 0.2) is 0 Å². The lowest BCUT2D eigenvalue weighted by atomic mass is 10.1. The molecule has 2 rings (SSSR count). The van der Waals surface area contributed by atoms with Gasteiger partial charge in [0.2, 0.25) is 0 Å². The Morgan fingerprint density at radius 3 is 2.81 bits per heavy atom. The van der Waals surface area contributed by atoms with Gasteiger partial charge >= 0.3 is 5.97 Å². The molecule has 0 N–H and O–H groups in total. The molecule has 0 amide bonds. The third-order valence-corrected chi connectivity index (χ3v) is 3.38. The van der Waals surface area contributed by atoms with Crippen LogP contribution in [-0.4, -0.2) is 35.3 Å². The Labute approximate surface area is 124 Å². The third-order valence-electron chi connectivity index (χ3n) is 3.38. The summed E-state index contributed by atoms with van der Waals surface area (Å²) in [7, 11) is 1.36. The number of ether oxygens (including phenoxy) is 2. The van der Waals surface area contributed by atoms with Gasteiger partial charge in [0.05, 0.1) is 13.2 Å². The largest absolute Gasteiger partial charge is 0.466 e. The zero-order valence-electron chi connectivity index (χ0n) is 12.5. The van der Waals surface area contributed by atoms with Crippen LogP contribution in [0.4, 0.5) is 0 Å². The monoisotopic (exact) mass is 288 g/mol. The Balaban J connectivity index is 2.14. The van der Waals surface area contributed by atoms with Gasteiger partial charge in [-0.1, -0.05) is 0 Å². The lowest BCUT2D eigenvalue weighted by molar-refractivity contribution is -0.134. The number of aromatic nitrogens is 1. The summed E-state index contributed by atoms with van der Waals surface area (Å²) in [5.41, 5.74) is 2.09. The van der Waals surface area contributed by atoms with Crippen LogP contribution in [0.1, 0.15) is 19.4 Å². The average Bonchev–Trinajstić information content (AvgIpc) is 2.49. The summed E-state index contributed by atoms with van der Waals surface area (Å²) < 4.78 is 10.5. The molecule has 5 heteroatoms. The molecule has 0 bridgehead atoms. The number of hydrogen-bond acceptors (Lipinski definition) is 5. The maximum absolute atomic E-state index is 11.2. The highest BCUT2D eigenvalue weighted by Crippen LogP contribution is 2.22. The van der Waals surface area contributed by atoms with E-state index in [0.717, 1.165) is 17.7 Å². The van der Waals surface area contributed by atoms with E-state index in [9.17, 15) is 4.79 Å². The van der Waals surface area contributed by atoms with Crippen molar-refractivity contribution in [1.82, 2.24) is 9.88 Å². The molecule has 0 fully saturated rings. The molecular weight excluding hydrogens is 268 g/mol. The Morgan fingerprint density at radius 1 is 1.43 bits per heavy atom. The summed E-state index contributed by atoms with van der Waals surface area (Å²) in [5.74, 6) is -0.373. The van der Waals surface area contributed by atoms with E-state index < -0.39 is 0 Å². The predicted molar refractivity (Wildman–Crippen MR) is 79.0 cm³/mol. The zero-order chi connectivity index (χ0) is 15.2. The van der Waals surface area contributed by atoms with Gasteiger partial charge in [0, 0.05) is 31.2 Å². The van der Waals surface area contributed by atoms with E-state index in [2.05, 4.69) is 14.6 Å². The van der Waals surface area contributed by atoms with Gasteiger partial charge in [-0.2, -0.15) is 0 Å². The van der Waals surface area contributed by atoms with Crippen molar-refractivity contribution in [3.05, 3.63) is 54.0 Å². The molecule has 0 aromatic carbocycles. The summed E-state index contributed by atoms with van der Waals surface area (Å²) in [6.07, 6.45) is 8.63. The Hall–Kier alpha value is -2.14. The number of nitrogens with zero attached hydrogens (tertiary/aromatic N) is 2. The molecule has 5 nitrogen and oxygen atoms in total. The van der Waals surface area contributed by atoms with Crippen molar-refractivity contribution in [1.29, 1.82) is 0 Å². The maximum Gasteiger partial charge on any atom is 0.330 e. The average molecular weight is 288 g/mol. The lowest BCUT2D eigenvalue weighted by Crippen LogP contribution is -2.38. The standard InChI is InChI=1S/C16H20N2O3/c1-12-15(4-5-16(19)20-3)11-18(13(2)21-12)10-14-6-8-17-9-7-14/h4-9,11-13H,10H2,1-3H3/b5-4+/t12-,13+/m0/s1. The molecule has 2 heterocycles. The van der Waals surface area contributed by atoms with E-state index in [4.69, 9.17) is 4.74 Å². The lowest BCUT2D eigenvalue weighted by Gasteiger charge is -2.36. The van der Waals surface area contributed by atoms with Crippen LogP contribution in [0.3, 0.4) is 0 Å². The molecule has 1 aromatic rings. The third kappa shape index (κ3) is 4.16. The minimum Gasteiger partial charge on any atom is -0.466 e. The van der Waals surface area contributed by atoms with Crippen LogP contribution < -0.4 is 0 Å². The molecule has 2 atom stereocenters. The fourth-order valence-corrected chi connectivity index (χ4v) is 2.14. The molecule has 0 saturated heterocycles. The highest BCUT2D eigenvalue weighted by atomic mass is 16.5. The zero-order valence-corrected chi connectivity index (χ0v) is 12.5. The van der Waals surface area contributed by atoms with E-state index in [1.807, 2.05) is 32.2 Å². The van der Waals surface area contributed by atoms with Crippen LogP contribution in [0.2, 0.25) is 0 Å². The van der Waals surface area contributed by atoms with E-state index in [1.165, 1.54) is 13.2 Å². The molecule has 112 valence electrons. The quantitative estimate of drug-likeness (QED) is 0.628.